The second-order valence-corrected chi connectivity index (χ2v) is 18.0. The summed E-state index contributed by atoms with van der Waals surface area (Å²) >= 11 is 0. The van der Waals surface area contributed by atoms with Crippen LogP contribution >= 0.6 is 0 Å². The number of amides is 6. The van der Waals surface area contributed by atoms with Crippen LogP contribution in [0.15, 0.2) is 72.1 Å². The number of alkyl halides is 3. The predicted molar refractivity (Wildman–Crippen MR) is 262 cm³/mol. The van der Waals surface area contributed by atoms with Crippen LogP contribution in [0.4, 0.5) is 13.2 Å². The summed E-state index contributed by atoms with van der Waals surface area (Å²) in [6.07, 6.45) is -0.564. The average Bonchev–Trinajstić information content (AvgIpc) is 4.06. The van der Waals surface area contributed by atoms with E-state index < -0.39 is 108 Å². The third-order valence-electron chi connectivity index (χ3n) is 11.9. The third-order valence-corrected chi connectivity index (χ3v) is 11.9. The van der Waals surface area contributed by atoms with Crippen molar-refractivity contribution in [1.29, 1.82) is 0 Å². The lowest BCUT2D eigenvalue weighted by Gasteiger charge is -2.32. The van der Waals surface area contributed by atoms with Gasteiger partial charge in [-0.15, -0.1) is 0 Å². The maximum atomic E-state index is 14.5. The topological polar surface area (TPSA) is 380 Å². The van der Waals surface area contributed by atoms with Gasteiger partial charge >= 0.3 is 18.1 Å². The Morgan fingerprint density at radius 2 is 1.38 bits per heavy atom. The molecular formula is C48H67F3N12O11. The van der Waals surface area contributed by atoms with E-state index >= 15 is 0 Å². The third kappa shape index (κ3) is 19.7. The molecule has 1 fully saturated rings. The first-order valence-electron chi connectivity index (χ1n) is 23.8. The smallest absolute Gasteiger partial charge is 0.490 e. The number of nitrogens with two attached hydrogens (primary N) is 3. The number of imidazole rings is 1. The highest BCUT2D eigenvalue weighted by molar-refractivity contribution is 5.97. The predicted octanol–water partition coefficient (Wildman–Crippen LogP) is 0.359. The quantitative estimate of drug-likeness (QED) is 0.0310. The van der Waals surface area contributed by atoms with Crippen molar-refractivity contribution >= 4 is 53.3 Å². The number of guanidine groups is 1. The molecule has 74 heavy (non-hydrogen) atoms. The number of carboxylic acids is 2. The SMILES string of the molecule is CCC(C)C(NC(=O)C(Cc1ccc(O)cc1)NC(=O)C(NC(=O)C(N)CCCN=C(N)N)C(C)C)C(=O)NC(Cc1cnc[nH]1)C(=O)N1CCCC1C(=O)NC(Cc1ccccc1)C(=O)O.O=C(O)C(F)(F)F. The monoisotopic (exact) mass is 1040 g/mol. The van der Waals surface area contributed by atoms with Gasteiger partial charge in [0, 0.05) is 44.2 Å². The Hall–Kier alpha value is -7.77. The molecule has 2 heterocycles. The molecule has 0 spiro atoms. The molecule has 6 amide bonds. The van der Waals surface area contributed by atoms with Crippen molar-refractivity contribution in [2.45, 2.75) is 128 Å². The summed E-state index contributed by atoms with van der Waals surface area (Å²) in [6, 6.07) is 6.64. The zero-order chi connectivity index (χ0) is 55.3. The largest absolute Gasteiger partial charge is 0.508 e. The number of aromatic nitrogens is 2. The number of nitrogens with one attached hydrogen (secondary N) is 6. The maximum absolute atomic E-state index is 14.5. The van der Waals surface area contributed by atoms with E-state index in [0.717, 1.165) is 0 Å². The van der Waals surface area contributed by atoms with E-state index in [1.54, 1.807) is 63.2 Å². The van der Waals surface area contributed by atoms with Crippen molar-refractivity contribution in [1.82, 2.24) is 41.5 Å². The van der Waals surface area contributed by atoms with E-state index in [9.17, 15) is 56.9 Å². The summed E-state index contributed by atoms with van der Waals surface area (Å²) in [6.45, 7) is 7.40. The number of carboxylic acid groups (broad SMARTS) is 2. The molecule has 2 aromatic carbocycles. The molecule has 1 saturated heterocycles. The van der Waals surface area contributed by atoms with Crippen LogP contribution in [0.3, 0.4) is 0 Å². The number of phenols is 1. The van der Waals surface area contributed by atoms with Crippen molar-refractivity contribution in [2.24, 2.45) is 34.0 Å². The molecule has 1 aromatic heterocycles. The molecule has 0 radical (unpaired) electrons. The van der Waals surface area contributed by atoms with Gasteiger partial charge in [0.25, 0.3) is 0 Å². The van der Waals surface area contributed by atoms with Crippen molar-refractivity contribution in [3.63, 3.8) is 0 Å². The Morgan fingerprint density at radius 1 is 0.797 bits per heavy atom. The second kappa shape index (κ2) is 29.1. The molecule has 0 saturated carbocycles. The molecule has 26 heteroatoms. The first-order valence-corrected chi connectivity index (χ1v) is 23.8. The molecule has 15 N–H and O–H groups in total. The van der Waals surface area contributed by atoms with Crippen molar-refractivity contribution in [3.05, 3.63) is 83.9 Å². The fourth-order valence-electron chi connectivity index (χ4n) is 7.64. The standard InChI is InChI=1S/C46H66N12O9.C2HF3O2/c1-5-27(4)38(57-40(61)33(21-29-15-17-31(59)18-16-29)53-42(63)37(26(2)3)56-39(60)32(47)13-9-19-51-46(48)49)43(64)54-34(23-30-24-50-25-52-30)44(65)58-20-10-14-36(58)41(62)55-35(45(66)67)22-28-11-7-6-8-12-28;3-2(4,5)1(6)7/h6-8,11-12,15-18,24-27,32-38,59H,5,9-10,13-14,19-23,47H2,1-4H3,(H,50,52)(H,53,63)(H,54,64)(H,55,62)(H,56,60)(H,57,61)(H,66,67)(H4,48,49,51);(H,6,7). The number of aliphatic carboxylic acids is 2. The summed E-state index contributed by atoms with van der Waals surface area (Å²) in [5.74, 6) is -9.06. The van der Waals surface area contributed by atoms with Crippen LogP contribution in [-0.2, 0) is 57.6 Å². The number of hydrogen-bond acceptors (Lipinski definition) is 12. The fourth-order valence-corrected chi connectivity index (χ4v) is 7.64. The minimum atomic E-state index is -5.08. The highest BCUT2D eigenvalue weighted by atomic mass is 19.4. The average molecular weight is 1050 g/mol. The van der Waals surface area contributed by atoms with E-state index in [1.807, 2.05) is 6.92 Å². The number of aromatic hydroxyl groups is 1. The number of H-pyrrole nitrogens is 1. The number of rotatable bonds is 25. The Kier molecular flexibility index (Phi) is 23.8. The summed E-state index contributed by atoms with van der Waals surface area (Å²) in [4.78, 5) is 117. The number of nitrogens with zero attached hydrogens (tertiary/aromatic N) is 3. The fraction of sp³-hybridized carbons (Fsp3) is 0.500. The molecule has 406 valence electrons. The van der Waals surface area contributed by atoms with Gasteiger partial charge in [0.2, 0.25) is 35.4 Å². The van der Waals surface area contributed by atoms with Crippen LogP contribution in [-0.4, -0.2) is 145 Å². The van der Waals surface area contributed by atoms with Gasteiger partial charge in [0.05, 0.1) is 12.4 Å². The number of carbonyl (C=O) groups excluding carboxylic acids is 6. The lowest BCUT2D eigenvalue weighted by molar-refractivity contribution is -0.192. The van der Waals surface area contributed by atoms with E-state index in [2.05, 4.69) is 41.5 Å². The Bertz CT molecular complexity index is 2370. The molecule has 0 bridgehead atoms. The number of likely N-dealkylation sites (tertiary alicyclic amines) is 1. The Morgan fingerprint density at radius 3 is 1.93 bits per heavy atom. The van der Waals surface area contributed by atoms with Crippen LogP contribution in [0.25, 0.3) is 0 Å². The van der Waals surface area contributed by atoms with Gasteiger partial charge in [-0.2, -0.15) is 13.2 Å². The molecule has 0 aliphatic carbocycles. The van der Waals surface area contributed by atoms with E-state index in [4.69, 9.17) is 27.1 Å². The molecule has 23 nitrogen and oxygen atoms in total. The van der Waals surface area contributed by atoms with Gasteiger partial charge in [0.15, 0.2) is 5.96 Å². The summed E-state index contributed by atoms with van der Waals surface area (Å²) in [5.41, 5.74) is 18.6. The number of phenolic OH excluding ortho intramolecular Hbond substituents is 1. The Labute approximate surface area is 425 Å². The van der Waals surface area contributed by atoms with Gasteiger partial charge in [-0.1, -0.05) is 76.6 Å². The molecule has 3 aromatic rings. The van der Waals surface area contributed by atoms with Crippen LogP contribution < -0.4 is 43.8 Å². The number of halogens is 3. The zero-order valence-electron chi connectivity index (χ0n) is 41.4. The molecule has 4 rings (SSSR count). The van der Waals surface area contributed by atoms with Crippen molar-refractivity contribution in [3.8, 4) is 5.75 Å². The second-order valence-electron chi connectivity index (χ2n) is 18.0. The normalized spacial score (nSPS) is 16.1. The summed E-state index contributed by atoms with van der Waals surface area (Å²) in [5, 5.41) is 40.7. The highest BCUT2D eigenvalue weighted by Gasteiger charge is 2.41. The number of benzene rings is 2. The summed E-state index contributed by atoms with van der Waals surface area (Å²) in [7, 11) is 0. The summed E-state index contributed by atoms with van der Waals surface area (Å²) < 4.78 is 31.7. The number of aromatic amines is 1. The first kappa shape index (κ1) is 60.5. The van der Waals surface area contributed by atoms with Gasteiger partial charge < -0.3 is 69.0 Å². The van der Waals surface area contributed by atoms with E-state index in [0.29, 0.717) is 36.1 Å². The lowest BCUT2D eigenvalue weighted by Crippen LogP contribution is -2.61. The van der Waals surface area contributed by atoms with Crippen molar-refractivity contribution in [2.75, 3.05) is 13.1 Å². The van der Waals surface area contributed by atoms with Gasteiger partial charge in [-0.3, -0.25) is 33.8 Å². The van der Waals surface area contributed by atoms with E-state index in [-0.39, 0.29) is 56.9 Å². The van der Waals surface area contributed by atoms with Gasteiger partial charge in [-0.05, 0) is 60.8 Å². The van der Waals surface area contributed by atoms with Gasteiger partial charge in [-0.25, -0.2) is 14.6 Å². The maximum Gasteiger partial charge on any atom is 0.490 e. The van der Waals surface area contributed by atoms with Crippen LogP contribution in [0.1, 0.15) is 76.6 Å². The zero-order valence-corrected chi connectivity index (χ0v) is 41.4. The van der Waals surface area contributed by atoms with Crippen molar-refractivity contribution < 1.29 is 66.8 Å². The number of carbonyl (C=O) groups is 8. The highest BCUT2D eigenvalue weighted by Crippen LogP contribution is 2.21. The molecule has 8 atom stereocenters. The van der Waals surface area contributed by atoms with Crippen LogP contribution in [0.5, 0.6) is 5.75 Å². The molecule has 1 aliphatic heterocycles. The van der Waals surface area contributed by atoms with E-state index in [1.165, 1.54) is 29.6 Å². The van der Waals surface area contributed by atoms with Crippen LogP contribution in [0.2, 0.25) is 0 Å². The lowest BCUT2D eigenvalue weighted by atomic mass is 9.96. The van der Waals surface area contributed by atoms with Crippen LogP contribution in [0, 0.1) is 11.8 Å². The minimum absolute atomic E-state index is 0.0212. The first-order chi connectivity index (χ1) is 34.8. The molecule has 1 aliphatic rings. The minimum Gasteiger partial charge on any atom is -0.508 e. The van der Waals surface area contributed by atoms with Gasteiger partial charge in [0.1, 0.15) is 42.0 Å². The Balaban J connectivity index is 0.00000192. The number of hydrogen-bond donors (Lipinski definition) is 12. The number of aliphatic imine (C=N–C) groups is 1. The molecular weight excluding hydrogens is 978 g/mol. The molecule has 8 unspecified atom stereocenters.